The number of hydrogen-bond acceptors (Lipinski definition) is 4. The molecule has 1 atom stereocenters. The topological polar surface area (TPSA) is 80.9 Å². The lowest BCUT2D eigenvalue weighted by atomic mass is 9.67. The van der Waals surface area contributed by atoms with Crippen LogP contribution in [0.4, 0.5) is 0 Å². The van der Waals surface area contributed by atoms with E-state index in [0.717, 1.165) is 50.9 Å². The third-order valence-corrected chi connectivity index (χ3v) is 14.5. The van der Waals surface area contributed by atoms with E-state index >= 15 is 0 Å². The molecule has 0 fully saturated rings. The summed E-state index contributed by atoms with van der Waals surface area (Å²) in [6.45, 7) is 2.25. The van der Waals surface area contributed by atoms with Crippen LogP contribution in [0.1, 0.15) is 57.9 Å². The molecule has 5 aliphatic rings. The summed E-state index contributed by atoms with van der Waals surface area (Å²) < 4.78 is 0. The number of phenolic OH excluding ortho intramolecular Hbond substituents is 4. The molecule has 5 aliphatic carbocycles. The van der Waals surface area contributed by atoms with E-state index in [1.807, 2.05) is 30.3 Å². The van der Waals surface area contributed by atoms with Crippen molar-refractivity contribution in [3.63, 3.8) is 0 Å². The molecular weight excluding hydrogens is 749 g/mol. The number of benzene rings is 8. The highest BCUT2D eigenvalue weighted by Gasteiger charge is 2.54. The van der Waals surface area contributed by atoms with Crippen LogP contribution in [0.2, 0.25) is 0 Å². The van der Waals surface area contributed by atoms with Gasteiger partial charge in [-0.3, -0.25) is 0 Å². The van der Waals surface area contributed by atoms with Gasteiger partial charge in [0.2, 0.25) is 0 Å². The molecule has 0 saturated heterocycles. The van der Waals surface area contributed by atoms with Crippen LogP contribution in [0.5, 0.6) is 23.0 Å². The van der Waals surface area contributed by atoms with E-state index in [-0.39, 0.29) is 11.1 Å². The Kier molecular flexibility index (Phi) is 6.64. The van der Waals surface area contributed by atoms with Crippen LogP contribution in [0.3, 0.4) is 0 Å². The highest BCUT2D eigenvalue weighted by Crippen LogP contribution is 2.66. The fourth-order valence-electron chi connectivity index (χ4n) is 12.2. The molecule has 1 unspecified atom stereocenters. The van der Waals surface area contributed by atoms with Crippen LogP contribution in [-0.4, -0.2) is 20.4 Å². The van der Waals surface area contributed by atoms with Gasteiger partial charge in [-0.15, -0.1) is 0 Å². The van der Waals surface area contributed by atoms with Crippen molar-refractivity contribution in [3.8, 4) is 78.6 Å². The fourth-order valence-corrected chi connectivity index (χ4v) is 12.2. The molecule has 0 saturated carbocycles. The first kappa shape index (κ1) is 34.3. The number of hydrogen-bond donors (Lipinski definition) is 4. The summed E-state index contributed by atoms with van der Waals surface area (Å²) in [4.78, 5) is 0. The van der Waals surface area contributed by atoms with Gasteiger partial charge in [0.1, 0.15) is 0 Å². The third kappa shape index (κ3) is 4.01. The molecule has 0 radical (unpaired) electrons. The van der Waals surface area contributed by atoms with Gasteiger partial charge in [0.15, 0.2) is 23.0 Å². The van der Waals surface area contributed by atoms with Gasteiger partial charge in [-0.25, -0.2) is 0 Å². The monoisotopic (exact) mass is 786 g/mol. The van der Waals surface area contributed by atoms with Gasteiger partial charge < -0.3 is 20.4 Å². The Labute approximate surface area is 353 Å². The molecule has 290 valence electrons. The van der Waals surface area contributed by atoms with E-state index in [2.05, 4.69) is 146 Å². The summed E-state index contributed by atoms with van der Waals surface area (Å²) >= 11 is 0. The van der Waals surface area contributed by atoms with Crippen LogP contribution >= 0.6 is 0 Å². The van der Waals surface area contributed by atoms with Crippen molar-refractivity contribution >= 4 is 5.57 Å². The highest BCUT2D eigenvalue weighted by molar-refractivity contribution is 6.01. The Hall–Kier alpha value is -7.56. The lowest BCUT2D eigenvalue weighted by Gasteiger charge is -2.34. The predicted octanol–water partition coefficient (Wildman–Crippen LogP) is 12.9. The summed E-state index contributed by atoms with van der Waals surface area (Å²) in [5.41, 5.74) is 18.2. The standard InChI is InChI=1S/C57H38O4/c1-31-22-25-39-41-27-24-33(30-49(41)57(47(39)28-31)45-20-10-4-14-36(45)37-15-5-11-21-46(37)57)51-54(60)52(58)50(53(59)55(51)61)32-23-26-40-38-16-6-9-19-44(38)56(48(40)29-32)42-17-7-2-12-34(42)35-13-3-8-18-43(35)56/h2-27,29-31,58-61H,28H2,1H3. The van der Waals surface area contributed by atoms with Crippen LogP contribution in [0, 0.1) is 5.92 Å². The average Bonchev–Trinajstić information content (AvgIpc) is 3.97. The van der Waals surface area contributed by atoms with Gasteiger partial charge in [0.25, 0.3) is 0 Å². The zero-order valence-electron chi connectivity index (χ0n) is 33.2. The van der Waals surface area contributed by atoms with Crippen LogP contribution in [0.15, 0.2) is 175 Å². The van der Waals surface area contributed by atoms with Crippen molar-refractivity contribution in [1.82, 2.24) is 0 Å². The smallest absolute Gasteiger partial charge is 0.170 e. The molecule has 4 nitrogen and oxygen atoms in total. The minimum atomic E-state index is -0.650. The maximum absolute atomic E-state index is 12.1. The molecule has 8 aromatic carbocycles. The molecule has 13 rings (SSSR count). The van der Waals surface area contributed by atoms with Gasteiger partial charge in [-0.1, -0.05) is 165 Å². The van der Waals surface area contributed by atoms with Crippen molar-refractivity contribution in [2.75, 3.05) is 0 Å². The highest BCUT2D eigenvalue weighted by atomic mass is 16.3. The summed E-state index contributed by atoms with van der Waals surface area (Å²) in [6, 6.07) is 54.7. The SMILES string of the molecule is CC1C=CC2=C(C1)C1(c3cc(-c4c(O)c(O)c(-c5ccc6c(c5)C5(c7ccccc7-c7ccccc75)c5ccccc5-6)c(O)c4O)ccc32)c2ccccc2-c2ccccc21. The maximum atomic E-state index is 12.1. The van der Waals surface area contributed by atoms with Gasteiger partial charge in [-0.2, -0.15) is 0 Å². The molecule has 4 N–H and O–H groups in total. The molecule has 0 heterocycles. The Bertz CT molecular complexity index is 3230. The second-order valence-electron chi connectivity index (χ2n) is 17.3. The van der Waals surface area contributed by atoms with E-state index in [0.29, 0.717) is 17.0 Å². The average molecular weight is 787 g/mol. The summed E-state index contributed by atoms with van der Waals surface area (Å²) in [5.74, 6) is -1.64. The molecule has 8 aromatic rings. The van der Waals surface area contributed by atoms with E-state index in [4.69, 9.17) is 0 Å². The number of fused-ring (bicyclic) bond motifs is 19. The van der Waals surface area contributed by atoms with Gasteiger partial charge in [0.05, 0.1) is 22.0 Å². The number of phenols is 4. The van der Waals surface area contributed by atoms with Crippen molar-refractivity contribution < 1.29 is 20.4 Å². The summed E-state index contributed by atoms with van der Waals surface area (Å²) in [6.07, 6.45) is 5.41. The molecule has 2 spiro atoms. The predicted molar refractivity (Wildman–Crippen MR) is 242 cm³/mol. The summed E-state index contributed by atoms with van der Waals surface area (Å²) in [5, 5.41) is 48.5. The zero-order chi connectivity index (χ0) is 40.9. The second-order valence-corrected chi connectivity index (χ2v) is 17.3. The molecule has 0 aliphatic heterocycles. The largest absolute Gasteiger partial charge is 0.504 e. The Morgan fingerprint density at radius 1 is 0.393 bits per heavy atom. The minimum absolute atomic E-state index is 0.0197. The number of allylic oxidation sites excluding steroid dienone is 4. The molecule has 0 aromatic heterocycles. The lowest BCUT2D eigenvalue weighted by Crippen LogP contribution is -2.28. The summed E-state index contributed by atoms with van der Waals surface area (Å²) in [7, 11) is 0. The Morgan fingerprint density at radius 2 is 0.738 bits per heavy atom. The molecule has 61 heavy (non-hydrogen) atoms. The Balaban J connectivity index is 1.01. The van der Waals surface area contributed by atoms with Crippen LogP contribution in [-0.2, 0) is 10.8 Å². The molecule has 0 bridgehead atoms. The molecular formula is C57H38O4. The zero-order valence-corrected chi connectivity index (χ0v) is 33.2. The quantitative estimate of drug-likeness (QED) is 0.104. The van der Waals surface area contributed by atoms with Crippen LogP contribution < -0.4 is 0 Å². The van der Waals surface area contributed by atoms with E-state index in [1.165, 1.54) is 44.5 Å². The van der Waals surface area contributed by atoms with Crippen molar-refractivity contribution in [2.45, 2.75) is 24.2 Å². The normalized spacial score (nSPS) is 17.1. The Morgan fingerprint density at radius 3 is 1.16 bits per heavy atom. The van der Waals surface area contributed by atoms with Crippen molar-refractivity contribution in [1.29, 1.82) is 0 Å². The number of rotatable bonds is 2. The van der Waals surface area contributed by atoms with Crippen molar-refractivity contribution in [3.05, 3.63) is 220 Å². The number of aromatic hydroxyl groups is 4. The molecule has 4 heteroatoms. The first-order chi connectivity index (χ1) is 29.8. The maximum Gasteiger partial charge on any atom is 0.170 e. The van der Waals surface area contributed by atoms with Crippen LogP contribution in [0.25, 0.3) is 61.2 Å². The first-order valence-electron chi connectivity index (χ1n) is 21.1. The van der Waals surface area contributed by atoms with E-state index in [9.17, 15) is 20.4 Å². The fraction of sp³-hybridized carbons (Fsp3) is 0.0877. The van der Waals surface area contributed by atoms with Gasteiger partial charge in [-0.05, 0) is 125 Å². The van der Waals surface area contributed by atoms with Gasteiger partial charge >= 0.3 is 0 Å². The van der Waals surface area contributed by atoms with Crippen molar-refractivity contribution in [2.24, 2.45) is 5.92 Å². The minimum Gasteiger partial charge on any atom is -0.504 e. The lowest BCUT2D eigenvalue weighted by molar-refractivity contribution is 0.378. The molecule has 0 amide bonds. The van der Waals surface area contributed by atoms with E-state index < -0.39 is 33.8 Å². The second kappa shape index (κ2) is 11.8. The van der Waals surface area contributed by atoms with Gasteiger partial charge in [0, 0.05) is 0 Å². The van der Waals surface area contributed by atoms with E-state index in [1.54, 1.807) is 0 Å². The third-order valence-electron chi connectivity index (χ3n) is 14.5. The first-order valence-corrected chi connectivity index (χ1v) is 21.1.